The maximum Gasteiger partial charge on any atom is 0.252 e. The summed E-state index contributed by atoms with van der Waals surface area (Å²) in [6.45, 7) is -1.86. The van der Waals surface area contributed by atoms with E-state index >= 15 is 0 Å². The van der Waals surface area contributed by atoms with Crippen molar-refractivity contribution in [2.75, 3.05) is 19.7 Å². The Hall–Kier alpha value is -0.0900. The van der Waals surface area contributed by atoms with Gasteiger partial charge in [0.05, 0.1) is 18.0 Å². The zero-order chi connectivity index (χ0) is 14.6. The summed E-state index contributed by atoms with van der Waals surface area (Å²) in [5, 5.41) is 8.80. The molecule has 0 saturated carbocycles. The third-order valence-electron chi connectivity index (χ3n) is 2.20. The maximum absolute atomic E-state index is 12.4. The Morgan fingerprint density at radius 1 is 1.32 bits per heavy atom. The first kappa shape index (κ1) is 17.0. The second-order valence-electron chi connectivity index (χ2n) is 3.55. The summed E-state index contributed by atoms with van der Waals surface area (Å²) >= 11 is 6.26. The Morgan fingerprint density at radius 2 is 1.95 bits per heavy atom. The van der Waals surface area contributed by atoms with Crippen molar-refractivity contribution in [3.63, 3.8) is 0 Å². The van der Waals surface area contributed by atoms with Gasteiger partial charge in [0.15, 0.2) is 0 Å². The SMILES string of the molecule is O=S(=O)(c1ccc(Br)cc1Br)N(CCO)CC(F)F. The van der Waals surface area contributed by atoms with Gasteiger partial charge in [-0.25, -0.2) is 17.2 Å². The smallest absolute Gasteiger partial charge is 0.252 e. The molecule has 0 atom stereocenters. The maximum atomic E-state index is 12.4. The summed E-state index contributed by atoms with van der Waals surface area (Å²) in [5.41, 5.74) is 0. The zero-order valence-electron chi connectivity index (χ0n) is 9.56. The molecule has 0 fully saturated rings. The highest BCUT2D eigenvalue weighted by Gasteiger charge is 2.28. The van der Waals surface area contributed by atoms with Crippen molar-refractivity contribution >= 4 is 41.9 Å². The molecule has 19 heavy (non-hydrogen) atoms. The lowest BCUT2D eigenvalue weighted by Crippen LogP contribution is -2.37. The van der Waals surface area contributed by atoms with Crippen molar-refractivity contribution in [2.24, 2.45) is 0 Å². The third kappa shape index (κ3) is 4.45. The number of hydrogen-bond donors (Lipinski definition) is 1. The quantitative estimate of drug-likeness (QED) is 0.766. The van der Waals surface area contributed by atoms with Gasteiger partial charge in [0.1, 0.15) is 0 Å². The molecule has 0 aromatic heterocycles. The molecule has 0 unspecified atom stereocenters. The predicted molar refractivity (Wildman–Crippen MR) is 73.7 cm³/mol. The van der Waals surface area contributed by atoms with Crippen LogP contribution in [-0.2, 0) is 10.0 Å². The van der Waals surface area contributed by atoms with Crippen molar-refractivity contribution in [3.8, 4) is 0 Å². The van der Waals surface area contributed by atoms with Gasteiger partial charge in [0.25, 0.3) is 6.43 Å². The molecule has 0 aliphatic carbocycles. The van der Waals surface area contributed by atoms with E-state index in [1.54, 1.807) is 0 Å². The van der Waals surface area contributed by atoms with Crippen LogP contribution in [0.5, 0.6) is 0 Å². The molecule has 0 heterocycles. The first-order chi connectivity index (χ1) is 8.78. The van der Waals surface area contributed by atoms with E-state index in [2.05, 4.69) is 31.9 Å². The van der Waals surface area contributed by atoms with Crippen LogP contribution in [0.15, 0.2) is 32.0 Å². The molecule has 1 aromatic carbocycles. The highest BCUT2D eigenvalue weighted by Crippen LogP contribution is 2.28. The Kier molecular flexibility index (Phi) is 6.31. The zero-order valence-corrected chi connectivity index (χ0v) is 13.6. The molecule has 0 aliphatic rings. The van der Waals surface area contributed by atoms with Gasteiger partial charge in [0.2, 0.25) is 10.0 Å². The number of benzene rings is 1. The summed E-state index contributed by atoms with van der Waals surface area (Å²) in [6, 6.07) is 4.31. The van der Waals surface area contributed by atoms with Crippen molar-refractivity contribution in [1.82, 2.24) is 4.31 Å². The molecule has 9 heteroatoms. The normalized spacial score (nSPS) is 12.4. The number of halogens is 4. The fourth-order valence-corrected chi connectivity index (χ4v) is 4.51. The number of sulfonamides is 1. The van der Waals surface area contributed by atoms with Gasteiger partial charge < -0.3 is 5.11 Å². The van der Waals surface area contributed by atoms with E-state index in [0.717, 1.165) is 0 Å². The van der Waals surface area contributed by atoms with E-state index in [-0.39, 0.29) is 15.9 Å². The van der Waals surface area contributed by atoms with Crippen LogP contribution in [0.3, 0.4) is 0 Å². The van der Waals surface area contributed by atoms with E-state index < -0.39 is 29.6 Å². The van der Waals surface area contributed by atoms with Crippen molar-refractivity contribution in [2.45, 2.75) is 11.3 Å². The number of hydrogen-bond acceptors (Lipinski definition) is 3. The van der Waals surface area contributed by atoms with Crippen LogP contribution in [0, 0.1) is 0 Å². The largest absolute Gasteiger partial charge is 0.395 e. The van der Waals surface area contributed by atoms with E-state index in [1.807, 2.05) is 0 Å². The minimum absolute atomic E-state index is 0.121. The standard InChI is InChI=1S/C10H11Br2F2NO3S/c11-7-1-2-9(8(12)5-7)19(17,18)15(3-4-16)6-10(13)14/h1-2,5,10,16H,3-4,6H2. The minimum atomic E-state index is -4.08. The molecular weight excluding hydrogens is 412 g/mol. The number of aliphatic hydroxyl groups is 1. The third-order valence-corrected chi connectivity index (χ3v) is 5.54. The Labute approximate surface area is 126 Å². The molecule has 4 nitrogen and oxygen atoms in total. The summed E-state index contributed by atoms with van der Waals surface area (Å²) in [7, 11) is -4.08. The average molecular weight is 423 g/mol. The van der Waals surface area contributed by atoms with Gasteiger partial charge in [0, 0.05) is 15.5 Å². The number of alkyl halides is 2. The first-order valence-electron chi connectivity index (χ1n) is 5.13. The van der Waals surface area contributed by atoms with Crippen LogP contribution in [0.25, 0.3) is 0 Å². The van der Waals surface area contributed by atoms with E-state index in [4.69, 9.17) is 5.11 Å². The lowest BCUT2D eigenvalue weighted by Gasteiger charge is -2.21. The molecule has 0 radical (unpaired) electrons. The number of aliphatic hydroxyl groups excluding tert-OH is 1. The summed E-state index contributed by atoms with van der Waals surface area (Å²) in [5.74, 6) is 0. The van der Waals surface area contributed by atoms with Crippen molar-refractivity contribution in [3.05, 3.63) is 27.1 Å². The molecular formula is C10H11Br2F2NO3S. The summed E-state index contributed by atoms with van der Waals surface area (Å²) in [6.07, 6.45) is -2.81. The lowest BCUT2D eigenvalue weighted by atomic mass is 10.4. The van der Waals surface area contributed by atoms with E-state index in [9.17, 15) is 17.2 Å². The second-order valence-corrected chi connectivity index (χ2v) is 7.23. The van der Waals surface area contributed by atoms with Crippen LogP contribution < -0.4 is 0 Å². The lowest BCUT2D eigenvalue weighted by molar-refractivity contribution is 0.113. The van der Waals surface area contributed by atoms with Crippen LogP contribution in [0.2, 0.25) is 0 Å². The van der Waals surface area contributed by atoms with E-state index in [0.29, 0.717) is 8.78 Å². The molecule has 1 rings (SSSR count). The minimum Gasteiger partial charge on any atom is -0.395 e. The molecule has 1 aromatic rings. The van der Waals surface area contributed by atoms with Crippen molar-refractivity contribution < 1.29 is 22.3 Å². The van der Waals surface area contributed by atoms with Crippen LogP contribution >= 0.6 is 31.9 Å². The van der Waals surface area contributed by atoms with E-state index in [1.165, 1.54) is 18.2 Å². The Balaban J connectivity index is 3.18. The number of rotatable bonds is 6. The molecule has 0 amide bonds. The van der Waals surface area contributed by atoms with Crippen LogP contribution in [0.1, 0.15) is 0 Å². The van der Waals surface area contributed by atoms with Gasteiger partial charge in [-0.2, -0.15) is 4.31 Å². The average Bonchev–Trinajstić information content (AvgIpc) is 2.27. The molecule has 0 saturated heterocycles. The first-order valence-corrected chi connectivity index (χ1v) is 8.16. The monoisotopic (exact) mass is 421 g/mol. The van der Waals surface area contributed by atoms with Gasteiger partial charge >= 0.3 is 0 Å². The molecule has 0 spiro atoms. The Bertz CT molecular complexity index is 540. The van der Waals surface area contributed by atoms with Crippen molar-refractivity contribution in [1.29, 1.82) is 0 Å². The molecule has 0 aliphatic heterocycles. The summed E-state index contributed by atoms with van der Waals surface area (Å²) in [4.78, 5) is -0.121. The van der Waals surface area contributed by atoms with Crippen LogP contribution in [-0.4, -0.2) is 44.0 Å². The number of nitrogens with zero attached hydrogens (tertiary/aromatic N) is 1. The van der Waals surface area contributed by atoms with Crippen LogP contribution in [0.4, 0.5) is 8.78 Å². The van der Waals surface area contributed by atoms with Gasteiger partial charge in [-0.3, -0.25) is 0 Å². The molecule has 1 N–H and O–H groups in total. The van der Waals surface area contributed by atoms with Gasteiger partial charge in [-0.05, 0) is 34.1 Å². The molecule has 108 valence electrons. The highest BCUT2D eigenvalue weighted by atomic mass is 79.9. The predicted octanol–water partition coefficient (Wildman–Crippen LogP) is 2.46. The topological polar surface area (TPSA) is 57.6 Å². The fraction of sp³-hybridized carbons (Fsp3) is 0.400. The Morgan fingerprint density at radius 3 is 2.42 bits per heavy atom. The van der Waals surface area contributed by atoms with Gasteiger partial charge in [-0.15, -0.1) is 0 Å². The second kappa shape index (κ2) is 7.07. The summed E-state index contributed by atoms with van der Waals surface area (Å²) < 4.78 is 50.8. The fourth-order valence-electron chi connectivity index (χ4n) is 1.40. The molecule has 0 bridgehead atoms. The highest BCUT2D eigenvalue weighted by molar-refractivity contribution is 9.11. The van der Waals surface area contributed by atoms with Gasteiger partial charge in [-0.1, -0.05) is 15.9 Å².